The molecule has 2 unspecified atom stereocenters. The third-order valence-electron chi connectivity index (χ3n) is 3.07. The van der Waals surface area contributed by atoms with Crippen LogP contribution in [0.1, 0.15) is 11.8 Å². The molecule has 0 amide bonds. The second-order valence-electron chi connectivity index (χ2n) is 5.34. The number of nitrogens with zero attached hydrogens (tertiary/aromatic N) is 2. The summed E-state index contributed by atoms with van der Waals surface area (Å²) < 4.78 is 51.5. The molecule has 6 N–H and O–H groups in total. The molecule has 0 bridgehead atoms. The van der Waals surface area contributed by atoms with Crippen LogP contribution in [0.15, 0.2) is 23.1 Å². The molecule has 4 atom stereocenters. The van der Waals surface area contributed by atoms with E-state index in [2.05, 4.69) is 18.1 Å². The van der Waals surface area contributed by atoms with E-state index in [9.17, 15) is 23.4 Å². The van der Waals surface area contributed by atoms with Gasteiger partial charge < -0.3 is 30.0 Å². The summed E-state index contributed by atoms with van der Waals surface area (Å²) in [5.41, 5.74) is 5.33. The average Bonchev–Trinajstić information content (AvgIpc) is 2.94. The SMILES string of the molecule is Cc1cn([C@@H]2C=C[C@H](COP(=O)(O)OP(=O)(O)OP(=O)(O)O)O2)c(=O)nc1N. The molecule has 2 heterocycles. The maximum atomic E-state index is 11.9. The quantitative estimate of drug-likeness (QED) is 0.251. The number of hydrogen-bond donors (Lipinski definition) is 5. The van der Waals surface area contributed by atoms with E-state index in [1.54, 1.807) is 6.92 Å². The Morgan fingerprint density at radius 2 is 1.82 bits per heavy atom. The number of phosphoric acid groups is 3. The van der Waals surface area contributed by atoms with Crippen LogP contribution in [-0.4, -0.2) is 41.8 Å². The minimum atomic E-state index is -5.60. The summed E-state index contributed by atoms with van der Waals surface area (Å²) in [7, 11) is -16.3. The molecule has 0 saturated heterocycles. The number of aryl methyl sites for hydroxylation is 1. The third kappa shape index (κ3) is 6.69. The van der Waals surface area contributed by atoms with Crippen LogP contribution < -0.4 is 11.4 Å². The van der Waals surface area contributed by atoms with Crippen molar-refractivity contribution in [3.05, 3.63) is 34.4 Å². The zero-order valence-electron chi connectivity index (χ0n) is 14.0. The van der Waals surface area contributed by atoms with Gasteiger partial charge in [0.25, 0.3) is 0 Å². The standard InChI is InChI=1S/C10H16N3O12P3/c1-6-4-13(10(14)12-9(6)11)8-3-2-7(23-8)5-22-27(18,19)25-28(20,21)24-26(15,16)17/h2-4,7-8H,5H2,1H3,(H,18,19)(H,20,21)(H2,11,12,14)(H2,15,16,17)/t7-,8+/m1/s1. The van der Waals surface area contributed by atoms with E-state index in [0.29, 0.717) is 5.56 Å². The number of hydrogen-bond acceptors (Lipinski definition) is 10. The summed E-state index contributed by atoms with van der Waals surface area (Å²) in [4.78, 5) is 50.8. The normalized spacial score (nSPS) is 24.0. The molecule has 0 aliphatic carbocycles. The number of nitrogens with two attached hydrogens (primary N) is 1. The fourth-order valence-corrected chi connectivity index (χ4v) is 5.00. The molecule has 1 aliphatic rings. The Balaban J connectivity index is 1.96. The maximum absolute atomic E-state index is 11.9. The van der Waals surface area contributed by atoms with Gasteiger partial charge in [-0.05, 0) is 13.0 Å². The molecule has 28 heavy (non-hydrogen) atoms. The van der Waals surface area contributed by atoms with Crippen LogP contribution in [0.25, 0.3) is 0 Å². The van der Waals surface area contributed by atoms with E-state index in [1.165, 1.54) is 18.3 Å². The lowest BCUT2D eigenvalue weighted by Gasteiger charge is -2.19. The van der Waals surface area contributed by atoms with Crippen LogP contribution in [0.3, 0.4) is 0 Å². The van der Waals surface area contributed by atoms with Crippen molar-refractivity contribution in [1.82, 2.24) is 9.55 Å². The lowest BCUT2D eigenvalue weighted by atomic mass is 10.3. The van der Waals surface area contributed by atoms with Crippen molar-refractivity contribution in [3.8, 4) is 0 Å². The van der Waals surface area contributed by atoms with Crippen molar-refractivity contribution in [2.24, 2.45) is 0 Å². The summed E-state index contributed by atoms with van der Waals surface area (Å²) in [6.45, 7) is 0.941. The van der Waals surface area contributed by atoms with Crippen molar-refractivity contribution in [3.63, 3.8) is 0 Å². The highest BCUT2D eigenvalue weighted by atomic mass is 31.3. The van der Waals surface area contributed by atoms with Gasteiger partial charge in [0.05, 0.1) is 6.61 Å². The fourth-order valence-electron chi connectivity index (χ4n) is 1.97. The van der Waals surface area contributed by atoms with Gasteiger partial charge in [0.15, 0.2) is 6.23 Å². The number of nitrogen functional groups attached to an aromatic ring is 1. The molecular weight excluding hydrogens is 447 g/mol. The van der Waals surface area contributed by atoms with Crippen LogP contribution in [0, 0.1) is 6.92 Å². The topological polar surface area (TPSA) is 230 Å². The Hall–Kier alpha value is -1.21. The molecule has 0 saturated carbocycles. The Bertz CT molecular complexity index is 970. The number of phosphoric ester groups is 1. The smallest absolute Gasteiger partial charge is 0.383 e. The van der Waals surface area contributed by atoms with Gasteiger partial charge in [0.2, 0.25) is 0 Å². The van der Waals surface area contributed by atoms with Crippen LogP contribution in [0.5, 0.6) is 0 Å². The Morgan fingerprint density at radius 3 is 2.43 bits per heavy atom. The molecule has 15 nitrogen and oxygen atoms in total. The average molecular weight is 463 g/mol. The summed E-state index contributed by atoms with van der Waals surface area (Å²) in [5.74, 6) is 0.0486. The predicted molar refractivity (Wildman–Crippen MR) is 90.5 cm³/mol. The van der Waals surface area contributed by atoms with Gasteiger partial charge in [-0.1, -0.05) is 6.08 Å². The first kappa shape index (κ1) is 23.1. The van der Waals surface area contributed by atoms with Crippen molar-refractivity contribution in [1.29, 1.82) is 0 Å². The van der Waals surface area contributed by atoms with Gasteiger partial charge in [0, 0.05) is 11.8 Å². The van der Waals surface area contributed by atoms with Crippen LogP contribution >= 0.6 is 23.5 Å². The molecular formula is C10H16N3O12P3. The molecule has 2 rings (SSSR count). The fraction of sp³-hybridized carbons (Fsp3) is 0.400. The number of anilines is 1. The van der Waals surface area contributed by atoms with Gasteiger partial charge in [-0.2, -0.15) is 13.6 Å². The first-order valence-corrected chi connectivity index (χ1v) is 11.7. The van der Waals surface area contributed by atoms with Crippen molar-refractivity contribution < 1.29 is 51.2 Å². The first-order chi connectivity index (χ1) is 12.7. The van der Waals surface area contributed by atoms with Gasteiger partial charge in [-0.15, -0.1) is 0 Å². The second kappa shape index (κ2) is 8.27. The Morgan fingerprint density at radius 1 is 1.18 bits per heavy atom. The predicted octanol–water partition coefficient (Wildman–Crippen LogP) is -0.0692. The summed E-state index contributed by atoms with van der Waals surface area (Å²) in [6, 6.07) is 0. The van der Waals surface area contributed by atoms with Gasteiger partial charge >= 0.3 is 29.2 Å². The largest absolute Gasteiger partial charge is 0.490 e. The number of ether oxygens (including phenoxy) is 1. The zero-order valence-corrected chi connectivity index (χ0v) is 16.6. The molecule has 1 aliphatic heterocycles. The number of rotatable bonds is 8. The molecule has 1 aromatic rings. The minimum Gasteiger partial charge on any atom is -0.383 e. The molecule has 0 aromatic carbocycles. The minimum absolute atomic E-state index is 0.0486. The highest BCUT2D eigenvalue weighted by molar-refractivity contribution is 7.66. The van der Waals surface area contributed by atoms with Gasteiger partial charge in [-0.3, -0.25) is 9.09 Å². The van der Waals surface area contributed by atoms with Gasteiger partial charge in [0.1, 0.15) is 11.9 Å². The van der Waals surface area contributed by atoms with Gasteiger partial charge in [-0.25, -0.2) is 18.5 Å². The maximum Gasteiger partial charge on any atom is 0.490 e. The molecule has 18 heteroatoms. The first-order valence-electron chi connectivity index (χ1n) is 7.15. The molecule has 158 valence electrons. The highest BCUT2D eigenvalue weighted by Gasteiger charge is 2.41. The molecule has 1 aromatic heterocycles. The molecule has 0 radical (unpaired) electrons. The van der Waals surface area contributed by atoms with Crippen LogP contribution in [0.4, 0.5) is 5.82 Å². The van der Waals surface area contributed by atoms with E-state index in [4.69, 9.17) is 25.2 Å². The molecule has 0 spiro atoms. The third-order valence-corrected chi connectivity index (χ3v) is 6.87. The Kier molecular flexibility index (Phi) is 6.81. The lowest BCUT2D eigenvalue weighted by Crippen LogP contribution is -2.29. The van der Waals surface area contributed by atoms with Crippen molar-refractivity contribution >= 4 is 29.3 Å². The number of aromatic nitrogens is 2. The highest BCUT2D eigenvalue weighted by Crippen LogP contribution is 2.66. The van der Waals surface area contributed by atoms with Crippen LogP contribution in [0.2, 0.25) is 0 Å². The van der Waals surface area contributed by atoms with E-state index < -0.39 is 48.1 Å². The summed E-state index contributed by atoms with van der Waals surface area (Å²) in [5, 5.41) is 0. The van der Waals surface area contributed by atoms with Crippen LogP contribution in [-0.2, 0) is 31.6 Å². The summed E-state index contributed by atoms with van der Waals surface area (Å²) >= 11 is 0. The Labute approximate surface area is 156 Å². The summed E-state index contributed by atoms with van der Waals surface area (Å²) in [6.07, 6.45) is 2.29. The zero-order chi connectivity index (χ0) is 21.3. The van der Waals surface area contributed by atoms with E-state index in [0.717, 1.165) is 4.57 Å². The van der Waals surface area contributed by atoms with Crippen molar-refractivity contribution in [2.45, 2.75) is 19.3 Å². The van der Waals surface area contributed by atoms with E-state index >= 15 is 0 Å². The second-order valence-corrected chi connectivity index (χ2v) is 9.76. The van der Waals surface area contributed by atoms with E-state index in [1.807, 2.05) is 0 Å². The monoisotopic (exact) mass is 463 g/mol. The molecule has 0 fully saturated rings. The van der Waals surface area contributed by atoms with E-state index in [-0.39, 0.29) is 5.82 Å². The van der Waals surface area contributed by atoms with Crippen molar-refractivity contribution in [2.75, 3.05) is 12.3 Å². The lowest BCUT2D eigenvalue weighted by molar-refractivity contribution is -0.0104.